The van der Waals surface area contributed by atoms with Gasteiger partial charge in [0.25, 0.3) is 0 Å². The third-order valence-corrected chi connectivity index (χ3v) is 5.51. The molecule has 1 heterocycles. The second-order valence-electron chi connectivity index (χ2n) is 5.95. The molecule has 2 aliphatic rings. The maximum absolute atomic E-state index is 12.0. The van der Waals surface area contributed by atoms with Crippen molar-refractivity contribution in [2.24, 2.45) is 5.92 Å². The van der Waals surface area contributed by atoms with Crippen molar-refractivity contribution in [1.29, 1.82) is 0 Å². The van der Waals surface area contributed by atoms with Crippen molar-refractivity contribution < 1.29 is 18.3 Å². The van der Waals surface area contributed by atoms with Gasteiger partial charge < -0.3 is 9.84 Å². The topological polar surface area (TPSA) is 66.8 Å². The van der Waals surface area contributed by atoms with Gasteiger partial charge in [0, 0.05) is 0 Å². The fourth-order valence-corrected chi connectivity index (χ4v) is 4.86. The molecule has 1 aliphatic heterocycles. The molecule has 106 valence electrons. The van der Waals surface area contributed by atoms with Gasteiger partial charge in [-0.3, -0.25) is 0 Å². The predicted molar refractivity (Wildman–Crippen MR) is 68.5 cm³/mol. The summed E-state index contributed by atoms with van der Waals surface area (Å²) in [7, 11) is -3.28. The summed E-state index contributed by atoms with van der Waals surface area (Å²) < 4.78 is 31.1. The van der Waals surface area contributed by atoms with Gasteiger partial charge in [-0.15, -0.1) is 0 Å². The molecule has 0 radical (unpaired) electrons. The second-order valence-corrected chi connectivity index (χ2v) is 7.81. The molecule has 1 saturated carbocycles. The first-order chi connectivity index (χ1) is 8.22. The summed E-state index contributed by atoms with van der Waals surface area (Å²) in [5.41, 5.74) is -0.756. The lowest BCUT2D eigenvalue weighted by Gasteiger charge is -2.36. The quantitative estimate of drug-likeness (QED) is 0.815. The van der Waals surface area contributed by atoms with Gasteiger partial charge in [-0.1, -0.05) is 0 Å². The van der Waals surface area contributed by atoms with Crippen molar-refractivity contribution in [3.63, 3.8) is 0 Å². The zero-order chi connectivity index (χ0) is 13.6. The summed E-state index contributed by atoms with van der Waals surface area (Å²) >= 11 is 0. The molecule has 1 aliphatic carbocycles. The van der Waals surface area contributed by atoms with Crippen LogP contribution < -0.4 is 0 Å². The first-order valence-corrected chi connectivity index (χ1v) is 8.38. The van der Waals surface area contributed by atoms with E-state index in [1.165, 1.54) is 10.6 Å². The van der Waals surface area contributed by atoms with Crippen LogP contribution >= 0.6 is 0 Å². The van der Waals surface area contributed by atoms with E-state index < -0.39 is 15.7 Å². The first kappa shape index (κ1) is 14.2. The van der Waals surface area contributed by atoms with E-state index in [1.54, 1.807) is 13.8 Å². The van der Waals surface area contributed by atoms with Crippen LogP contribution in [0.4, 0.5) is 0 Å². The van der Waals surface area contributed by atoms with Gasteiger partial charge >= 0.3 is 0 Å². The molecule has 1 atom stereocenters. The third-order valence-electron chi connectivity index (χ3n) is 4.08. The van der Waals surface area contributed by atoms with Crippen molar-refractivity contribution in [3.05, 3.63) is 0 Å². The average molecular weight is 277 g/mol. The SMILES string of the molecule is CC1(C)OC[C@H](C2CCC(O)CC2)N1S(C)(=O)=O. The molecular formula is C12H23NO4S. The minimum atomic E-state index is -3.28. The summed E-state index contributed by atoms with van der Waals surface area (Å²) in [5.74, 6) is 0.296. The molecule has 1 saturated heterocycles. The monoisotopic (exact) mass is 277 g/mol. The van der Waals surface area contributed by atoms with Gasteiger partial charge in [-0.2, -0.15) is 4.31 Å². The Morgan fingerprint density at radius 1 is 1.22 bits per heavy atom. The molecule has 0 spiro atoms. The summed E-state index contributed by atoms with van der Waals surface area (Å²) in [6.45, 7) is 4.05. The molecule has 0 bridgehead atoms. The third kappa shape index (κ3) is 2.71. The fraction of sp³-hybridized carbons (Fsp3) is 1.00. The van der Waals surface area contributed by atoms with Gasteiger partial charge in [0.2, 0.25) is 10.0 Å². The van der Waals surface area contributed by atoms with Crippen LogP contribution in [0.5, 0.6) is 0 Å². The van der Waals surface area contributed by atoms with E-state index >= 15 is 0 Å². The molecule has 0 aromatic carbocycles. The zero-order valence-electron chi connectivity index (χ0n) is 11.3. The Labute approximate surface area is 109 Å². The van der Waals surface area contributed by atoms with Gasteiger partial charge in [0.05, 0.1) is 25.0 Å². The summed E-state index contributed by atoms with van der Waals surface area (Å²) in [6, 6.07) is -0.0810. The number of nitrogens with zero attached hydrogens (tertiary/aromatic N) is 1. The van der Waals surface area contributed by atoms with Crippen molar-refractivity contribution in [3.8, 4) is 0 Å². The number of sulfonamides is 1. The molecule has 0 aromatic heterocycles. The fourth-order valence-electron chi connectivity index (χ4n) is 3.28. The van der Waals surface area contributed by atoms with Gasteiger partial charge in [-0.25, -0.2) is 8.42 Å². The van der Waals surface area contributed by atoms with Gasteiger partial charge in [0.15, 0.2) is 0 Å². The Kier molecular flexibility index (Phi) is 3.75. The summed E-state index contributed by atoms with van der Waals surface area (Å²) in [6.07, 6.45) is 4.30. The van der Waals surface area contributed by atoms with Crippen LogP contribution in [0.2, 0.25) is 0 Å². The second kappa shape index (κ2) is 4.74. The maximum Gasteiger partial charge on any atom is 0.213 e. The number of hydrogen-bond donors (Lipinski definition) is 1. The summed E-state index contributed by atoms with van der Waals surface area (Å²) in [5, 5.41) is 9.54. The number of aliphatic hydroxyl groups excluding tert-OH is 1. The molecule has 1 N–H and O–H groups in total. The number of rotatable bonds is 2. The largest absolute Gasteiger partial charge is 0.393 e. The minimum Gasteiger partial charge on any atom is -0.393 e. The maximum atomic E-state index is 12.0. The Bertz CT molecular complexity index is 398. The Morgan fingerprint density at radius 3 is 2.28 bits per heavy atom. The van der Waals surface area contributed by atoms with E-state index in [2.05, 4.69) is 0 Å². The standard InChI is InChI=1S/C12H23NO4S/c1-12(2)13(18(3,15)16)11(8-17-12)9-4-6-10(14)7-5-9/h9-11,14H,4-8H2,1-3H3/t9?,10?,11-/m1/s1. The first-order valence-electron chi connectivity index (χ1n) is 6.53. The molecule has 0 unspecified atom stereocenters. The van der Waals surface area contributed by atoms with Crippen molar-refractivity contribution in [2.45, 2.75) is 57.4 Å². The van der Waals surface area contributed by atoms with Crippen molar-refractivity contribution in [2.75, 3.05) is 12.9 Å². The highest BCUT2D eigenvalue weighted by Gasteiger charge is 2.49. The van der Waals surface area contributed by atoms with Crippen LogP contribution in [0.15, 0.2) is 0 Å². The van der Waals surface area contributed by atoms with Crippen LogP contribution in [0.3, 0.4) is 0 Å². The molecule has 0 aromatic rings. The van der Waals surface area contributed by atoms with E-state index in [4.69, 9.17) is 4.74 Å². The predicted octanol–water partition coefficient (Wildman–Crippen LogP) is 0.934. The van der Waals surface area contributed by atoms with Crippen LogP contribution in [0, 0.1) is 5.92 Å². The highest BCUT2D eigenvalue weighted by Crippen LogP contribution is 2.38. The number of aliphatic hydroxyl groups is 1. The van der Waals surface area contributed by atoms with Crippen LogP contribution in [0.25, 0.3) is 0 Å². The molecule has 0 amide bonds. The van der Waals surface area contributed by atoms with Crippen LogP contribution in [0.1, 0.15) is 39.5 Å². The Balaban J connectivity index is 2.18. The minimum absolute atomic E-state index is 0.0810. The lowest BCUT2D eigenvalue weighted by molar-refractivity contribution is -0.0165. The van der Waals surface area contributed by atoms with Crippen molar-refractivity contribution >= 4 is 10.0 Å². The highest BCUT2D eigenvalue weighted by molar-refractivity contribution is 7.88. The van der Waals surface area contributed by atoms with E-state index in [0.717, 1.165) is 25.7 Å². The Morgan fingerprint density at radius 2 is 1.78 bits per heavy atom. The lowest BCUT2D eigenvalue weighted by Crippen LogP contribution is -2.50. The van der Waals surface area contributed by atoms with E-state index in [-0.39, 0.29) is 12.1 Å². The number of ether oxygens (including phenoxy) is 1. The zero-order valence-corrected chi connectivity index (χ0v) is 12.1. The normalized spacial score (nSPS) is 37.9. The van der Waals surface area contributed by atoms with Crippen LogP contribution in [-0.4, -0.2) is 48.6 Å². The summed E-state index contributed by atoms with van der Waals surface area (Å²) in [4.78, 5) is 0. The van der Waals surface area contributed by atoms with E-state index in [9.17, 15) is 13.5 Å². The molecule has 2 rings (SSSR count). The Hall–Kier alpha value is -0.170. The lowest BCUT2D eigenvalue weighted by atomic mass is 9.83. The average Bonchev–Trinajstić information content (AvgIpc) is 2.54. The highest BCUT2D eigenvalue weighted by atomic mass is 32.2. The van der Waals surface area contributed by atoms with E-state index in [1.807, 2.05) is 0 Å². The van der Waals surface area contributed by atoms with Crippen molar-refractivity contribution in [1.82, 2.24) is 4.31 Å². The van der Waals surface area contributed by atoms with Crippen LogP contribution in [-0.2, 0) is 14.8 Å². The molecule has 18 heavy (non-hydrogen) atoms. The number of hydrogen-bond acceptors (Lipinski definition) is 4. The molecular weight excluding hydrogens is 254 g/mol. The molecule has 5 nitrogen and oxygen atoms in total. The smallest absolute Gasteiger partial charge is 0.213 e. The molecule has 2 fully saturated rings. The van der Waals surface area contributed by atoms with Gasteiger partial charge in [0.1, 0.15) is 5.72 Å². The van der Waals surface area contributed by atoms with E-state index in [0.29, 0.717) is 12.5 Å². The molecule has 6 heteroatoms. The van der Waals surface area contributed by atoms with Gasteiger partial charge in [-0.05, 0) is 45.4 Å².